The molecule has 0 bridgehead atoms. The van der Waals surface area contributed by atoms with E-state index in [2.05, 4.69) is 4.90 Å². The van der Waals surface area contributed by atoms with Crippen molar-refractivity contribution in [2.75, 3.05) is 6.54 Å². The molecule has 1 unspecified atom stereocenters. The topological polar surface area (TPSA) is 55.6 Å². The Morgan fingerprint density at radius 2 is 2.00 bits per heavy atom. The van der Waals surface area contributed by atoms with Gasteiger partial charge in [-0.15, -0.1) is 0 Å². The largest absolute Gasteiger partial charge is 0.489 e. The second kappa shape index (κ2) is 6.79. The molecule has 2 N–H and O–H groups in total. The van der Waals surface area contributed by atoms with E-state index in [1.54, 1.807) is 6.07 Å². The number of nitrogens with two attached hydrogens (primary N) is 1. The number of nitrogens with zero attached hydrogens (tertiary/aromatic N) is 1. The van der Waals surface area contributed by atoms with Crippen LogP contribution in [0.5, 0.6) is 5.75 Å². The molecule has 2 aromatic carbocycles. The van der Waals surface area contributed by atoms with E-state index in [0.29, 0.717) is 13.2 Å². The molecule has 1 aliphatic rings. The second-order valence-corrected chi connectivity index (χ2v) is 5.74. The monoisotopic (exact) mass is 314 g/mol. The molecule has 1 saturated heterocycles. The van der Waals surface area contributed by atoms with Gasteiger partial charge in [0.25, 0.3) is 0 Å². The van der Waals surface area contributed by atoms with Gasteiger partial charge in [-0.2, -0.15) is 0 Å². The Kier molecular flexibility index (Phi) is 4.57. The lowest BCUT2D eigenvalue weighted by Crippen LogP contribution is -2.54. The van der Waals surface area contributed by atoms with E-state index >= 15 is 0 Å². The summed E-state index contributed by atoms with van der Waals surface area (Å²) in [5, 5.41) is 0. The number of hydrogen-bond acceptors (Lipinski definition) is 3. The number of carbonyl (C=O) groups is 1. The average molecular weight is 314 g/mol. The van der Waals surface area contributed by atoms with Gasteiger partial charge in [0.2, 0.25) is 5.91 Å². The molecule has 3 rings (SSSR count). The predicted octanol–water partition coefficient (Wildman–Crippen LogP) is 2.46. The Labute approximate surface area is 134 Å². The number of amides is 1. The lowest BCUT2D eigenvalue weighted by Gasteiger charge is -2.38. The number of primary amides is 1. The third kappa shape index (κ3) is 3.87. The molecular weight excluding hydrogens is 295 g/mol. The fourth-order valence-corrected chi connectivity index (χ4v) is 2.67. The maximum atomic E-state index is 13.1. The van der Waals surface area contributed by atoms with Gasteiger partial charge in [-0.3, -0.25) is 9.69 Å². The number of ether oxygens (including phenoxy) is 1. The minimum atomic E-state index is -0.264. The first-order valence-electron chi connectivity index (χ1n) is 7.61. The number of benzene rings is 2. The molecule has 0 aromatic heterocycles. The Morgan fingerprint density at radius 1 is 1.22 bits per heavy atom. The lowest BCUT2D eigenvalue weighted by atomic mass is 10.0. The first-order chi connectivity index (χ1) is 11.1. The van der Waals surface area contributed by atoms with E-state index in [1.165, 1.54) is 12.1 Å². The summed E-state index contributed by atoms with van der Waals surface area (Å²) in [5.74, 6) is 0.208. The number of rotatable bonds is 6. The smallest absolute Gasteiger partial charge is 0.234 e. The summed E-state index contributed by atoms with van der Waals surface area (Å²) in [6.07, 6.45) is 0.837. The fraction of sp³-hybridized carbons (Fsp3) is 0.278. The van der Waals surface area contributed by atoms with Gasteiger partial charge in [0.1, 0.15) is 18.2 Å². The average Bonchev–Trinajstić information content (AvgIpc) is 2.50. The van der Waals surface area contributed by atoms with Gasteiger partial charge < -0.3 is 10.5 Å². The zero-order valence-corrected chi connectivity index (χ0v) is 12.7. The Balaban J connectivity index is 1.54. The predicted molar refractivity (Wildman–Crippen MR) is 85.2 cm³/mol. The van der Waals surface area contributed by atoms with Crippen molar-refractivity contribution in [3.63, 3.8) is 0 Å². The highest BCUT2D eigenvalue weighted by atomic mass is 19.1. The molecule has 23 heavy (non-hydrogen) atoms. The number of halogens is 1. The van der Waals surface area contributed by atoms with Crippen LogP contribution in [-0.2, 0) is 17.9 Å². The number of likely N-dealkylation sites (tertiary alicyclic amines) is 1. The van der Waals surface area contributed by atoms with E-state index < -0.39 is 0 Å². The van der Waals surface area contributed by atoms with Crippen LogP contribution in [0.2, 0.25) is 0 Å². The molecule has 0 spiro atoms. The normalized spacial score (nSPS) is 17.5. The zero-order valence-electron chi connectivity index (χ0n) is 12.7. The third-order valence-electron chi connectivity index (χ3n) is 4.06. The molecule has 0 aliphatic carbocycles. The van der Waals surface area contributed by atoms with E-state index in [1.807, 2.05) is 30.3 Å². The van der Waals surface area contributed by atoms with Crippen molar-refractivity contribution in [2.45, 2.75) is 25.6 Å². The van der Waals surface area contributed by atoms with E-state index in [0.717, 1.165) is 29.8 Å². The molecule has 5 heteroatoms. The quantitative estimate of drug-likeness (QED) is 0.891. The molecule has 0 saturated carbocycles. The minimum Gasteiger partial charge on any atom is -0.489 e. The van der Waals surface area contributed by atoms with Gasteiger partial charge in [-0.1, -0.05) is 24.3 Å². The molecule has 1 atom stereocenters. The van der Waals surface area contributed by atoms with Crippen molar-refractivity contribution >= 4 is 5.91 Å². The highest BCUT2D eigenvalue weighted by Gasteiger charge is 2.32. The summed E-state index contributed by atoms with van der Waals surface area (Å²) in [4.78, 5) is 13.3. The molecule has 1 aliphatic heterocycles. The van der Waals surface area contributed by atoms with E-state index in [-0.39, 0.29) is 17.8 Å². The maximum Gasteiger partial charge on any atom is 0.234 e. The summed E-state index contributed by atoms with van der Waals surface area (Å²) in [6.45, 7) is 1.93. The highest BCUT2D eigenvalue weighted by Crippen LogP contribution is 2.22. The van der Waals surface area contributed by atoms with Crippen LogP contribution in [0.25, 0.3) is 0 Å². The second-order valence-electron chi connectivity index (χ2n) is 5.74. The van der Waals surface area contributed by atoms with Gasteiger partial charge in [-0.05, 0) is 41.8 Å². The van der Waals surface area contributed by atoms with Crippen molar-refractivity contribution in [2.24, 2.45) is 5.73 Å². The van der Waals surface area contributed by atoms with E-state index in [9.17, 15) is 9.18 Å². The summed E-state index contributed by atoms with van der Waals surface area (Å²) >= 11 is 0. The standard InChI is InChI=1S/C18H19FN2O2/c19-15-3-1-2-14(10-15)12-23-16-6-4-13(5-7-16)11-21-9-8-17(21)18(20)22/h1-7,10,17H,8-9,11-12H2,(H2,20,22). The SMILES string of the molecule is NC(=O)C1CCN1Cc1ccc(OCc2cccc(F)c2)cc1. The summed E-state index contributed by atoms with van der Waals surface area (Å²) in [5.41, 5.74) is 7.24. The van der Waals surface area contributed by atoms with Crippen LogP contribution in [0.3, 0.4) is 0 Å². The van der Waals surface area contributed by atoms with Crippen LogP contribution in [-0.4, -0.2) is 23.4 Å². The first-order valence-corrected chi connectivity index (χ1v) is 7.61. The number of carbonyl (C=O) groups excluding carboxylic acids is 1. The van der Waals surface area contributed by atoms with E-state index in [4.69, 9.17) is 10.5 Å². The van der Waals surface area contributed by atoms with Crippen LogP contribution in [0.4, 0.5) is 4.39 Å². The number of hydrogen-bond donors (Lipinski definition) is 1. The maximum absolute atomic E-state index is 13.1. The van der Waals surface area contributed by atoms with Gasteiger partial charge in [0, 0.05) is 13.1 Å². The Hall–Kier alpha value is -2.40. The van der Waals surface area contributed by atoms with Crippen LogP contribution in [0.1, 0.15) is 17.5 Å². The zero-order chi connectivity index (χ0) is 16.2. The van der Waals surface area contributed by atoms with Crippen molar-refractivity contribution in [1.29, 1.82) is 0 Å². The Morgan fingerprint density at radius 3 is 2.61 bits per heavy atom. The van der Waals surface area contributed by atoms with Gasteiger partial charge in [0.05, 0.1) is 6.04 Å². The first kappa shape index (κ1) is 15.5. The molecule has 1 amide bonds. The van der Waals surface area contributed by atoms with Crippen molar-refractivity contribution in [3.8, 4) is 5.75 Å². The molecule has 0 radical (unpaired) electrons. The highest BCUT2D eigenvalue weighted by molar-refractivity contribution is 5.80. The van der Waals surface area contributed by atoms with Crippen LogP contribution in [0, 0.1) is 5.82 Å². The minimum absolute atomic E-state index is 0.140. The van der Waals surface area contributed by atoms with Crippen molar-refractivity contribution < 1.29 is 13.9 Å². The molecular formula is C18H19FN2O2. The fourth-order valence-electron chi connectivity index (χ4n) is 2.67. The summed E-state index contributed by atoms with van der Waals surface area (Å²) < 4.78 is 18.8. The summed E-state index contributed by atoms with van der Waals surface area (Å²) in [6, 6.07) is 13.9. The van der Waals surface area contributed by atoms with Gasteiger partial charge in [-0.25, -0.2) is 4.39 Å². The molecule has 1 fully saturated rings. The molecule has 1 heterocycles. The lowest BCUT2D eigenvalue weighted by molar-refractivity contribution is -0.127. The molecule has 120 valence electrons. The third-order valence-corrected chi connectivity index (χ3v) is 4.06. The Bertz CT molecular complexity index is 688. The van der Waals surface area contributed by atoms with Gasteiger partial charge in [0.15, 0.2) is 0 Å². The molecule has 4 nitrogen and oxygen atoms in total. The van der Waals surface area contributed by atoms with Crippen LogP contribution >= 0.6 is 0 Å². The molecule has 2 aromatic rings. The van der Waals surface area contributed by atoms with Gasteiger partial charge >= 0.3 is 0 Å². The van der Waals surface area contributed by atoms with Crippen LogP contribution < -0.4 is 10.5 Å². The van der Waals surface area contributed by atoms with Crippen molar-refractivity contribution in [1.82, 2.24) is 4.90 Å². The summed E-state index contributed by atoms with van der Waals surface area (Å²) in [7, 11) is 0. The van der Waals surface area contributed by atoms with Crippen LogP contribution in [0.15, 0.2) is 48.5 Å². The van der Waals surface area contributed by atoms with Crippen molar-refractivity contribution in [3.05, 3.63) is 65.5 Å².